The third-order valence-electron chi connectivity index (χ3n) is 3.47. The van der Waals surface area contributed by atoms with E-state index in [4.69, 9.17) is 10.5 Å². The molecule has 1 rings (SSSR count). The van der Waals surface area contributed by atoms with Gasteiger partial charge in [0, 0.05) is 18.3 Å². The highest BCUT2D eigenvalue weighted by Gasteiger charge is 2.19. The zero-order chi connectivity index (χ0) is 15.8. The number of carbonyl (C=O) groups is 1. The summed E-state index contributed by atoms with van der Waals surface area (Å²) in [5.41, 5.74) is 6.63. The van der Waals surface area contributed by atoms with E-state index in [1.165, 1.54) is 0 Å². The number of rotatable bonds is 8. The van der Waals surface area contributed by atoms with Crippen molar-refractivity contribution in [2.45, 2.75) is 26.3 Å². The summed E-state index contributed by atoms with van der Waals surface area (Å²) in [6.07, 6.45) is 0.877. The van der Waals surface area contributed by atoms with Crippen molar-refractivity contribution in [2.24, 2.45) is 11.7 Å². The van der Waals surface area contributed by atoms with E-state index in [0.717, 1.165) is 18.7 Å². The lowest BCUT2D eigenvalue weighted by Crippen LogP contribution is -2.40. The first-order valence-electron chi connectivity index (χ1n) is 7.38. The molecule has 0 fully saturated rings. The van der Waals surface area contributed by atoms with E-state index in [2.05, 4.69) is 10.2 Å². The van der Waals surface area contributed by atoms with Gasteiger partial charge in [0.1, 0.15) is 12.4 Å². The fourth-order valence-electron chi connectivity index (χ4n) is 1.75. The van der Waals surface area contributed by atoms with Gasteiger partial charge >= 0.3 is 0 Å². The summed E-state index contributed by atoms with van der Waals surface area (Å²) in [6.45, 7) is 5.45. The van der Waals surface area contributed by atoms with Crippen LogP contribution in [0, 0.1) is 5.92 Å². The number of amides is 1. The lowest BCUT2D eigenvalue weighted by molar-refractivity contribution is -0.118. The van der Waals surface area contributed by atoms with Crippen LogP contribution in [0.1, 0.15) is 20.3 Å². The SMILES string of the molecule is CC[C@H](C)[C@H](N)C(=O)Nc1cccc(OCCN(C)C)c1. The van der Waals surface area contributed by atoms with Crippen molar-refractivity contribution in [2.75, 3.05) is 32.6 Å². The predicted octanol–water partition coefficient (Wildman–Crippen LogP) is 1.94. The maximum atomic E-state index is 12.0. The normalized spacial score (nSPS) is 13.8. The largest absolute Gasteiger partial charge is 0.492 e. The van der Waals surface area contributed by atoms with Gasteiger partial charge in [-0.1, -0.05) is 26.3 Å². The van der Waals surface area contributed by atoms with Gasteiger partial charge in [-0.3, -0.25) is 4.79 Å². The van der Waals surface area contributed by atoms with Crippen LogP contribution < -0.4 is 15.8 Å². The average Bonchev–Trinajstić information content (AvgIpc) is 2.45. The molecule has 2 atom stereocenters. The number of nitrogens with zero attached hydrogens (tertiary/aromatic N) is 1. The highest BCUT2D eigenvalue weighted by Crippen LogP contribution is 2.18. The summed E-state index contributed by atoms with van der Waals surface area (Å²) in [7, 11) is 3.99. The molecule has 0 saturated carbocycles. The van der Waals surface area contributed by atoms with E-state index in [9.17, 15) is 4.79 Å². The molecule has 118 valence electrons. The number of ether oxygens (including phenoxy) is 1. The van der Waals surface area contributed by atoms with Gasteiger partial charge in [-0.15, -0.1) is 0 Å². The van der Waals surface area contributed by atoms with Crippen LogP contribution in [0.2, 0.25) is 0 Å². The van der Waals surface area contributed by atoms with Gasteiger partial charge in [-0.25, -0.2) is 0 Å². The monoisotopic (exact) mass is 293 g/mol. The molecular formula is C16H27N3O2. The topological polar surface area (TPSA) is 67.6 Å². The summed E-state index contributed by atoms with van der Waals surface area (Å²) < 4.78 is 5.64. The third kappa shape index (κ3) is 6.14. The maximum Gasteiger partial charge on any atom is 0.241 e. The fraction of sp³-hybridized carbons (Fsp3) is 0.562. The molecule has 0 radical (unpaired) electrons. The summed E-state index contributed by atoms with van der Waals surface area (Å²) in [5.74, 6) is 0.742. The summed E-state index contributed by atoms with van der Waals surface area (Å²) >= 11 is 0. The standard InChI is InChI=1S/C16H27N3O2/c1-5-12(2)15(17)16(20)18-13-7-6-8-14(11-13)21-10-9-19(3)4/h6-8,11-12,15H,5,9-10,17H2,1-4H3,(H,18,20)/t12-,15-/m0/s1. The first kappa shape index (κ1) is 17.5. The molecule has 5 nitrogen and oxygen atoms in total. The van der Waals surface area contributed by atoms with Crippen LogP contribution in [-0.4, -0.2) is 44.1 Å². The van der Waals surface area contributed by atoms with Crippen molar-refractivity contribution in [1.29, 1.82) is 0 Å². The smallest absolute Gasteiger partial charge is 0.241 e. The molecule has 0 heterocycles. The van der Waals surface area contributed by atoms with Crippen LogP contribution in [0.25, 0.3) is 0 Å². The van der Waals surface area contributed by atoms with E-state index in [1.807, 2.05) is 52.2 Å². The number of likely N-dealkylation sites (N-methyl/N-ethyl adjacent to an activating group) is 1. The zero-order valence-corrected chi connectivity index (χ0v) is 13.4. The molecule has 0 spiro atoms. The molecule has 0 aliphatic carbocycles. The number of benzene rings is 1. The Morgan fingerprint density at radius 1 is 1.43 bits per heavy atom. The molecule has 5 heteroatoms. The Labute approximate surface area is 127 Å². The molecule has 0 aliphatic rings. The number of hydrogen-bond acceptors (Lipinski definition) is 4. The molecule has 0 aromatic heterocycles. The molecule has 1 aromatic carbocycles. The summed E-state index contributed by atoms with van der Waals surface area (Å²) in [5, 5.41) is 2.84. The molecule has 0 unspecified atom stereocenters. The van der Waals surface area contributed by atoms with Gasteiger partial charge in [-0.05, 0) is 32.1 Å². The molecule has 0 bridgehead atoms. The van der Waals surface area contributed by atoms with Crippen LogP contribution in [-0.2, 0) is 4.79 Å². The van der Waals surface area contributed by atoms with Gasteiger partial charge < -0.3 is 20.7 Å². The Morgan fingerprint density at radius 3 is 2.76 bits per heavy atom. The van der Waals surface area contributed by atoms with Crippen molar-refractivity contribution in [3.63, 3.8) is 0 Å². The Bertz CT molecular complexity index is 449. The molecule has 21 heavy (non-hydrogen) atoms. The van der Waals surface area contributed by atoms with Gasteiger partial charge in [-0.2, -0.15) is 0 Å². The number of carbonyl (C=O) groups excluding carboxylic acids is 1. The average molecular weight is 293 g/mol. The quantitative estimate of drug-likeness (QED) is 0.768. The van der Waals surface area contributed by atoms with Gasteiger partial charge in [0.2, 0.25) is 5.91 Å². The third-order valence-corrected chi connectivity index (χ3v) is 3.47. The summed E-state index contributed by atoms with van der Waals surface area (Å²) in [6, 6.07) is 6.89. The lowest BCUT2D eigenvalue weighted by atomic mass is 9.99. The van der Waals surface area contributed by atoms with Gasteiger partial charge in [0.05, 0.1) is 6.04 Å². The number of nitrogens with two attached hydrogens (primary N) is 1. The highest BCUT2D eigenvalue weighted by atomic mass is 16.5. The maximum absolute atomic E-state index is 12.0. The van der Waals surface area contributed by atoms with E-state index < -0.39 is 6.04 Å². The Balaban J connectivity index is 2.57. The predicted molar refractivity (Wildman–Crippen MR) is 86.6 cm³/mol. The molecular weight excluding hydrogens is 266 g/mol. The lowest BCUT2D eigenvalue weighted by Gasteiger charge is -2.18. The number of nitrogens with one attached hydrogen (secondary N) is 1. The van der Waals surface area contributed by atoms with Crippen molar-refractivity contribution >= 4 is 11.6 Å². The Kier molecular flexibility index (Phi) is 7.19. The fourth-order valence-corrected chi connectivity index (χ4v) is 1.75. The van der Waals surface area contributed by atoms with Crippen LogP contribution >= 0.6 is 0 Å². The van der Waals surface area contributed by atoms with Gasteiger partial charge in [0.25, 0.3) is 0 Å². The molecule has 3 N–H and O–H groups in total. The zero-order valence-electron chi connectivity index (χ0n) is 13.4. The molecule has 0 saturated heterocycles. The van der Waals surface area contributed by atoms with Crippen LogP contribution in [0.5, 0.6) is 5.75 Å². The molecule has 1 aromatic rings. The van der Waals surface area contributed by atoms with Gasteiger partial charge in [0.15, 0.2) is 0 Å². The van der Waals surface area contributed by atoms with Crippen LogP contribution in [0.4, 0.5) is 5.69 Å². The van der Waals surface area contributed by atoms with Crippen molar-refractivity contribution < 1.29 is 9.53 Å². The second kappa shape index (κ2) is 8.64. The minimum absolute atomic E-state index is 0.157. The highest BCUT2D eigenvalue weighted by molar-refractivity contribution is 5.95. The Hall–Kier alpha value is -1.59. The van der Waals surface area contributed by atoms with Crippen molar-refractivity contribution in [3.05, 3.63) is 24.3 Å². The molecule has 1 amide bonds. The van der Waals surface area contributed by atoms with E-state index in [0.29, 0.717) is 12.3 Å². The first-order chi connectivity index (χ1) is 9.93. The molecule has 0 aliphatic heterocycles. The van der Waals surface area contributed by atoms with E-state index in [-0.39, 0.29) is 11.8 Å². The number of hydrogen-bond donors (Lipinski definition) is 2. The minimum Gasteiger partial charge on any atom is -0.492 e. The number of anilines is 1. The van der Waals surface area contributed by atoms with Crippen molar-refractivity contribution in [3.8, 4) is 5.75 Å². The first-order valence-corrected chi connectivity index (χ1v) is 7.38. The van der Waals surface area contributed by atoms with Crippen LogP contribution in [0.15, 0.2) is 24.3 Å². The minimum atomic E-state index is -0.492. The second-order valence-electron chi connectivity index (χ2n) is 5.58. The van der Waals surface area contributed by atoms with E-state index >= 15 is 0 Å². The Morgan fingerprint density at radius 2 is 2.14 bits per heavy atom. The summed E-state index contributed by atoms with van der Waals surface area (Å²) in [4.78, 5) is 14.1. The van der Waals surface area contributed by atoms with E-state index in [1.54, 1.807) is 0 Å². The van der Waals surface area contributed by atoms with Crippen LogP contribution in [0.3, 0.4) is 0 Å². The second-order valence-corrected chi connectivity index (χ2v) is 5.58. The van der Waals surface area contributed by atoms with Crippen molar-refractivity contribution in [1.82, 2.24) is 4.90 Å².